The maximum absolute atomic E-state index is 15.6. The van der Waals surface area contributed by atoms with Gasteiger partial charge in [-0.1, -0.05) is 42.5 Å². The van der Waals surface area contributed by atoms with Crippen molar-refractivity contribution in [3.05, 3.63) is 65.5 Å². The number of carbonyl (C=O) groups is 1. The van der Waals surface area contributed by atoms with Crippen molar-refractivity contribution < 1.29 is 22.8 Å². The van der Waals surface area contributed by atoms with Crippen LogP contribution in [0, 0.1) is 0 Å². The van der Waals surface area contributed by atoms with Gasteiger partial charge in [-0.2, -0.15) is 4.31 Å². The Kier molecular flexibility index (Phi) is 6.83. The highest BCUT2D eigenvalue weighted by Crippen LogP contribution is 2.42. The van der Waals surface area contributed by atoms with Crippen LogP contribution in [0.15, 0.2) is 60.0 Å². The molecule has 1 atom stereocenters. The lowest BCUT2D eigenvalue weighted by Gasteiger charge is -2.47. The Morgan fingerprint density at radius 2 is 1.82 bits per heavy atom. The molecule has 0 spiro atoms. The van der Waals surface area contributed by atoms with Crippen molar-refractivity contribution in [1.29, 1.82) is 0 Å². The van der Waals surface area contributed by atoms with E-state index in [9.17, 15) is 13.2 Å². The van der Waals surface area contributed by atoms with Crippen molar-refractivity contribution in [2.45, 2.75) is 17.7 Å². The topological polar surface area (TPSA) is 93.2 Å². The number of carbonyl (C=O) groups excluding carboxylic acids is 1. The van der Waals surface area contributed by atoms with Gasteiger partial charge in [0, 0.05) is 56.8 Å². The molecule has 4 rings (SSSR count). The summed E-state index contributed by atoms with van der Waals surface area (Å²) in [7, 11) is -2.04. The van der Waals surface area contributed by atoms with Crippen LogP contribution in [0.4, 0.5) is 4.39 Å². The van der Waals surface area contributed by atoms with E-state index in [1.807, 2.05) is 30.1 Å². The summed E-state index contributed by atoms with van der Waals surface area (Å²) in [6.07, 6.45) is 4.62. The van der Waals surface area contributed by atoms with Gasteiger partial charge in [0.1, 0.15) is 5.83 Å². The molecule has 178 valence electrons. The Morgan fingerprint density at radius 1 is 1.12 bits per heavy atom. The second-order valence-corrected chi connectivity index (χ2v) is 10.8. The van der Waals surface area contributed by atoms with E-state index in [4.69, 9.17) is 5.21 Å². The van der Waals surface area contributed by atoms with E-state index in [0.29, 0.717) is 42.9 Å². The molecule has 33 heavy (non-hydrogen) atoms. The lowest BCUT2D eigenvalue weighted by Crippen LogP contribution is -2.63. The second-order valence-electron chi connectivity index (χ2n) is 8.61. The molecule has 1 amide bonds. The maximum Gasteiger partial charge on any atom is 0.270 e. The quantitative estimate of drug-likeness (QED) is 0.497. The van der Waals surface area contributed by atoms with Crippen LogP contribution in [0.1, 0.15) is 18.4 Å². The van der Waals surface area contributed by atoms with Gasteiger partial charge in [-0.3, -0.25) is 14.9 Å². The molecule has 1 aromatic carbocycles. The zero-order valence-corrected chi connectivity index (χ0v) is 19.4. The van der Waals surface area contributed by atoms with E-state index < -0.39 is 26.6 Å². The minimum atomic E-state index is -4.02. The summed E-state index contributed by atoms with van der Waals surface area (Å²) in [5.41, 5.74) is 3.02. The van der Waals surface area contributed by atoms with E-state index in [1.165, 1.54) is 10.4 Å². The highest BCUT2D eigenvalue weighted by molar-refractivity contribution is 7.90. The van der Waals surface area contributed by atoms with Crippen LogP contribution >= 0.6 is 0 Å². The van der Waals surface area contributed by atoms with Gasteiger partial charge in [0.25, 0.3) is 5.91 Å². The number of halogens is 1. The van der Waals surface area contributed by atoms with Crippen molar-refractivity contribution >= 4 is 21.5 Å². The fourth-order valence-electron chi connectivity index (χ4n) is 4.66. The molecule has 8 nitrogen and oxygen atoms in total. The van der Waals surface area contributed by atoms with E-state index >= 15 is 4.39 Å². The van der Waals surface area contributed by atoms with Crippen LogP contribution in [-0.4, -0.2) is 84.8 Å². The van der Waals surface area contributed by atoms with Gasteiger partial charge in [0.15, 0.2) is 4.87 Å². The summed E-state index contributed by atoms with van der Waals surface area (Å²) >= 11 is 0. The van der Waals surface area contributed by atoms with Gasteiger partial charge in [0.05, 0.1) is 0 Å². The Morgan fingerprint density at radius 3 is 2.39 bits per heavy atom. The van der Waals surface area contributed by atoms with Crippen molar-refractivity contribution in [1.82, 2.24) is 19.6 Å². The Bertz CT molecular complexity index is 1090. The first kappa shape index (κ1) is 23.8. The number of nitrogens with one attached hydrogen (secondary N) is 1. The van der Waals surface area contributed by atoms with Crippen molar-refractivity contribution in [3.8, 4) is 0 Å². The van der Waals surface area contributed by atoms with Crippen LogP contribution in [0.3, 0.4) is 0 Å². The molecule has 0 saturated carbocycles. The average Bonchev–Trinajstić information content (AvgIpc) is 2.84. The minimum Gasteiger partial charge on any atom is -0.304 e. The highest BCUT2D eigenvalue weighted by atomic mass is 32.2. The van der Waals surface area contributed by atoms with Crippen molar-refractivity contribution in [2.75, 3.05) is 46.3 Å². The number of piperazine rings is 1. The normalized spacial score (nSPS) is 25.7. The fourth-order valence-corrected chi connectivity index (χ4v) is 6.77. The van der Waals surface area contributed by atoms with E-state index in [-0.39, 0.29) is 25.9 Å². The van der Waals surface area contributed by atoms with Crippen LogP contribution in [0.25, 0.3) is 5.57 Å². The molecule has 2 heterocycles. The Labute approximate surface area is 193 Å². The van der Waals surface area contributed by atoms with Crippen LogP contribution in [0.2, 0.25) is 0 Å². The zero-order chi connectivity index (χ0) is 23.6. The molecule has 0 radical (unpaired) electrons. The van der Waals surface area contributed by atoms with Crippen LogP contribution in [-0.2, 0) is 14.8 Å². The molecular formula is C23H29FN4O4S. The number of benzene rings is 1. The van der Waals surface area contributed by atoms with Crippen LogP contribution < -0.4 is 5.48 Å². The van der Waals surface area contributed by atoms with Gasteiger partial charge in [0.2, 0.25) is 10.0 Å². The molecule has 1 fully saturated rings. The standard InChI is InChI=1S/C23H29FN4O4S/c1-26-13-15-27(16-14-26)23(10-7-20(21(24)17-23)18-5-3-2-4-6-18)33(31,32)28-11-8-19(9-12-28)22(29)25-30/h2-8,10,30H,9,11-17H2,1H3,(H,25,29). The predicted molar refractivity (Wildman–Crippen MR) is 123 cm³/mol. The Balaban J connectivity index is 1.70. The molecule has 2 N–H and O–H groups in total. The number of amides is 1. The van der Waals surface area contributed by atoms with E-state index in [1.54, 1.807) is 29.8 Å². The summed E-state index contributed by atoms with van der Waals surface area (Å²) in [5, 5.41) is 8.86. The number of hydroxylamine groups is 1. The summed E-state index contributed by atoms with van der Waals surface area (Å²) in [5.74, 6) is -1.10. The number of rotatable bonds is 5. The van der Waals surface area contributed by atoms with Gasteiger partial charge < -0.3 is 4.90 Å². The molecule has 1 saturated heterocycles. The molecule has 1 unspecified atom stereocenters. The fraction of sp³-hybridized carbons (Fsp3) is 0.435. The number of hydrogen-bond acceptors (Lipinski definition) is 6. The first-order chi connectivity index (χ1) is 15.8. The zero-order valence-electron chi connectivity index (χ0n) is 18.6. The Hall–Kier alpha value is -2.37. The summed E-state index contributed by atoms with van der Waals surface area (Å²) in [6, 6.07) is 9.10. The number of hydrogen-bond donors (Lipinski definition) is 2. The summed E-state index contributed by atoms with van der Waals surface area (Å²) < 4.78 is 45.0. The molecule has 0 aromatic heterocycles. The molecular weight excluding hydrogens is 447 g/mol. The second kappa shape index (κ2) is 9.47. The summed E-state index contributed by atoms with van der Waals surface area (Å²) in [6.45, 7) is 2.43. The average molecular weight is 477 g/mol. The monoisotopic (exact) mass is 476 g/mol. The van der Waals surface area contributed by atoms with Crippen LogP contribution in [0.5, 0.6) is 0 Å². The molecule has 10 heteroatoms. The summed E-state index contributed by atoms with van der Waals surface area (Å²) in [4.78, 5) is 14.1. The molecule has 2 aliphatic heterocycles. The third-order valence-corrected chi connectivity index (χ3v) is 9.13. The third kappa shape index (κ3) is 4.41. The van der Waals surface area contributed by atoms with Gasteiger partial charge >= 0.3 is 0 Å². The van der Waals surface area contributed by atoms with E-state index in [0.717, 1.165) is 0 Å². The number of allylic oxidation sites excluding steroid dienone is 2. The number of nitrogens with zero attached hydrogens (tertiary/aromatic N) is 3. The lowest BCUT2D eigenvalue weighted by molar-refractivity contribution is -0.125. The first-order valence-corrected chi connectivity index (χ1v) is 12.4. The maximum atomic E-state index is 15.6. The van der Waals surface area contributed by atoms with Crippen molar-refractivity contribution in [2.24, 2.45) is 0 Å². The first-order valence-electron chi connectivity index (χ1n) is 11.0. The van der Waals surface area contributed by atoms with Gasteiger partial charge in [-0.25, -0.2) is 18.3 Å². The molecule has 1 aromatic rings. The largest absolute Gasteiger partial charge is 0.304 e. The van der Waals surface area contributed by atoms with Gasteiger partial charge in [-0.05, 0) is 25.1 Å². The lowest BCUT2D eigenvalue weighted by atomic mass is 9.94. The van der Waals surface area contributed by atoms with E-state index in [2.05, 4.69) is 4.90 Å². The number of likely N-dealkylation sites (N-methyl/N-ethyl adjacent to an activating group) is 1. The minimum absolute atomic E-state index is 0.00864. The number of sulfonamides is 1. The van der Waals surface area contributed by atoms with Crippen molar-refractivity contribution in [3.63, 3.8) is 0 Å². The SMILES string of the molecule is CN1CCN(C2(S(=O)(=O)N3CC=C(C(=O)NO)CC3)C=CC(c3ccccc3)=C(F)C2)CC1. The molecule has 1 aliphatic carbocycles. The highest BCUT2D eigenvalue weighted by Gasteiger charge is 2.52. The molecule has 3 aliphatic rings. The van der Waals surface area contributed by atoms with Gasteiger partial charge in [-0.15, -0.1) is 0 Å². The predicted octanol–water partition coefficient (Wildman–Crippen LogP) is 1.74. The third-order valence-electron chi connectivity index (χ3n) is 6.69. The smallest absolute Gasteiger partial charge is 0.270 e. The molecule has 0 bridgehead atoms.